The molecule has 0 aromatic heterocycles. The van der Waals surface area contributed by atoms with Crippen LogP contribution in [0.25, 0.3) is 0 Å². The molecule has 0 radical (unpaired) electrons. The van der Waals surface area contributed by atoms with Gasteiger partial charge in [-0.05, 0) is 52.0 Å². The summed E-state index contributed by atoms with van der Waals surface area (Å²) in [6.07, 6.45) is 4.18. The van der Waals surface area contributed by atoms with Gasteiger partial charge in [-0.25, -0.2) is 4.79 Å². The number of aryl methyl sites for hydroxylation is 1. The van der Waals surface area contributed by atoms with Gasteiger partial charge in [-0.1, -0.05) is 71.6 Å². The molecule has 0 heterocycles. The van der Waals surface area contributed by atoms with E-state index in [4.69, 9.17) is 4.74 Å². The van der Waals surface area contributed by atoms with Crippen LogP contribution in [0.15, 0.2) is 18.2 Å². The van der Waals surface area contributed by atoms with E-state index in [1.165, 1.54) is 4.90 Å². The SMILES string of the molecule is CCCCCN(C(=O)C(NC(=O)OC(C)(C)C)C(C)CC)C(C(=O)NCCCC)c1cccc(C)c1O. The smallest absolute Gasteiger partial charge is 0.408 e. The van der Waals surface area contributed by atoms with Gasteiger partial charge in [-0.2, -0.15) is 0 Å². The Hall–Kier alpha value is -2.77. The molecule has 0 aliphatic carbocycles. The number of phenols is 1. The van der Waals surface area contributed by atoms with Gasteiger partial charge >= 0.3 is 6.09 Å². The number of carbonyl (C=O) groups excluding carboxylic acids is 3. The second-order valence-corrected chi connectivity index (χ2v) is 10.8. The molecule has 210 valence electrons. The first-order valence-electron chi connectivity index (χ1n) is 13.7. The summed E-state index contributed by atoms with van der Waals surface area (Å²) >= 11 is 0. The van der Waals surface area contributed by atoms with E-state index in [-0.39, 0.29) is 23.5 Å². The highest BCUT2D eigenvalue weighted by Gasteiger charge is 2.38. The topological polar surface area (TPSA) is 108 Å². The molecule has 8 nitrogen and oxygen atoms in total. The van der Waals surface area contributed by atoms with Gasteiger partial charge in [0.05, 0.1) is 0 Å². The highest BCUT2D eigenvalue weighted by molar-refractivity contribution is 5.92. The lowest BCUT2D eigenvalue weighted by Crippen LogP contribution is -2.55. The molecular weight excluding hydrogens is 470 g/mol. The van der Waals surface area contributed by atoms with Crippen molar-refractivity contribution in [1.29, 1.82) is 0 Å². The van der Waals surface area contributed by atoms with Gasteiger partial charge in [-0.3, -0.25) is 9.59 Å². The molecule has 1 aromatic rings. The molecule has 0 bridgehead atoms. The number of nitrogens with one attached hydrogen (secondary N) is 2. The number of phenolic OH excluding ortho intramolecular Hbond substituents is 1. The summed E-state index contributed by atoms with van der Waals surface area (Å²) in [5, 5.41) is 16.7. The van der Waals surface area contributed by atoms with E-state index in [0.29, 0.717) is 37.1 Å². The third kappa shape index (κ3) is 10.3. The molecular formula is C29H49N3O5. The van der Waals surface area contributed by atoms with Crippen molar-refractivity contribution < 1.29 is 24.2 Å². The van der Waals surface area contributed by atoms with E-state index < -0.39 is 23.8 Å². The van der Waals surface area contributed by atoms with Crippen molar-refractivity contribution in [3.05, 3.63) is 29.3 Å². The zero-order chi connectivity index (χ0) is 28.2. The van der Waals surface area contributed by atoms with Crippen LogP contribution in [0.2, 0.25) is 0 Å². The van der Waals surface area contributed by atoms with Crippen LogP contribution in [-0.4, -0.2) is 52.6 Å². The number of amides is 3. The van der Waals surface area contributed by atoms with Gasteiger partial charge in [0, 0.05) is 18.7 Å². The van der Waals surface area contributed by atoms with Crippen molar-refractivity contribution in [3.8, 4) is 5.75 Å². The Bertz CT molecular complexity index is 881. The van der Waals surface area contributed by atoms with E-state index in [1.807, 2.05) is 20.8 Å². The molecule has 3 atom stereocenters. The zero-order valence-electron chi connectivity index (χ0n) is 24.1. The fourth-order valence-corrected chi connectivity index (χ4v) is 4.03. The molecule has 0 aliphatic rings. The normalized spacial score (nSPS) is 13.8. The third-order valence-corrected chi connectivity index (χ3v) is 6.39. The van der Waals surface area contributed by atoms with Gasteiger partial charge in [-0.15, -0.1) is 0 Å². The van der Waals surface area contributed by atoms with Crippen molar-refractivity contribution >= 4 is 17.9 Å². The molecule has 3 N–H and O–H groups in total. The molecule has 37 heavy (non-hydrogen) atoms. The van der Waals surface area contributed by atoms with Gasteiger partial charge < -0.3 is 25.4 Å². The molecule has 0 saturated heterocycles. The first-order valence-corrected chi connectivity index (χ1v) is 13.7. The first-order chi connectivity index (χ1) is 17.4. The van der Waals surface area contributed by atoms with Crippen LogP contribution >= 0.6 is 0 Å². The number of unbranched alkanes of at least 4 members (excludes halogenated alkanes) is 3. The first kappa shape index (κ1) is 32.3. The molecule has 0 fully saturated rings. The number of hydrogen-bond donors (Lipinski definition) is 3. The quantitative estimate of drug-likeness (QED) is 0.277. The van der Waals surface area contributed by atoms with E-state index >= 15 is 0 Å². The summed E-state index contributed by atoms with van der Waals surface area (Å²) in [5.74, 6) is -0.928. The third-order valence-electron chi connectivity index (χ3n) is 6.39. The number of rotatable bonds is 14. The monoisotopic (exact) mass is 519 g/mol. The Labute approximate surface area is 223 Å². The summed E-state index contributed by atoms with van der Waals surface area (Å²) in [6, 6.07) is 3.30. The highest BCUT2D eigenvalue weighted by atomic mass is 16.6. The Morgan fingerprint density at radius 3 is 2.27 bits per heavy atom. The fraction of sp³-hybridized carbons (Fsp3) is 0.690. The molecule has 3 amide bonds. The van der Waals surface area contributed by atoms with Crippen LogP contribution in [0, 0.1) is 12.8 Å². The lowest BCUT2D eigenvalue weighted by Gasteiger charge is -2.36. The average molecular weight is 520 g/mol. The number of hydrogen-bond acceptors (Lipinski definition) is 5. The summed E-state index contributed by atoms with van der Waals surface area (Å²) in [7, 11) is 0. The number of benzene rings is 1. The van der Waals surface area contributed by atoms with Gasteiger partial charge in [0.15, 0.2) is 0 Å². The van der Waals surface area contributed by atoms with E-state index in [1.54, 1.807) is 45.9 Å². The standard InChI is InChI=1S/C29H49N3O5/c1-9-12-14-19-32(27(35)23(20(4)11-3)31-28(36)37-29(6,7)8)24(26(34)30-18-13-10-2)22-17-15-16-21(5)25(22)33/h15-17,20,23-24,33H,9-14,18-19H2,1-8H3,(H,30,34)(H,31,36). The van der Waals surface area contributed by atoms with Crippen molar-refractivity contribution in [1.82, 2.24) is 15.5 Å². The zero-order valence-corrected chi connectivity index (χ0v) is 24.1. The molecule has 0 saturated carbocycles. The molecule has 1 aromatic carbocycles. The molecule has 0 spiro atoms. The van der Waals surface area contributed by atoms with Crippen LogP contribution in [0.1, 0.15) is 104 Å². The van der Waals surface area contributed by atoms with E-state index in [0.717, 1.165) is 25.7 Å². The van der Waals surface area contributed by atoms with Crippen LogP contribution in [0.4, 0.5) is 4.79 Å². The average Bonchev–Trinajstić information content (AvgIpc) is 2.82. The second kappa shape index (κ2) is 15.5. The summed E-state index contributed by atoms with van der Waals surface area (Å²) in [6.45, 7) is 15.8. The summed E-state index contributed by atoms with van der Waals surface area (Å²) in [5.41, 5.74) is 0.275. The summed E-state index contributed by atoms with van der Waals surface area (Å²) in [4.78, 5) is 42.0. The number of para-hydroxylation sites is 1. The Morgan fingerprint density at radius 2 is 1.70 bits per heavy atom. The van der Waals surface area contributed by atoms with Crippen LogP contribution in [0.5, 0.6) is 5.75 Å². The van der Waals surface area contributed by atoms with Crippen molar-refractivity contribution in [2.75, 3.05) is 13.1 Å². The second-order valence-electron chi connectivity index (χ2n) is 10.8. The van der Waals surface area contributed by atoms with Gasteiger partial charge in [0.1, 0.15) is 23.4 Å². The van der Waals surface area contributed by atoms with Crippen LogP contribution < -0.4 is 10.6 Å². The van der Waals surface area contributed by atoms with Gasteiger partial charge in [0.2, 0.25) is 11.8 Å². The minimum atomic E-state index is -1.03. The Morgan fingerprint density at radius 1 is 1.05 bits per heavy atom. The number of aromatic hydroxyl groups is 1. The highest BCUT2D eigenvalue weighted by Crippen LogP contribution is 2.33. The number of nitrogens with zero attached hydrogens (tertiary/aromatic N) is 1. The maximum atomic E-state index is 14.2. The molecule has 1 rings (SSSR count). The Balaban J connectivity index is 3.55. The predicted octanol–water partition coefficient (Wildman–Crippen LogP) is 5.62. The number of carbonyl (C=O) groups is 3. The van der Waals surface area contributed by atoms with Crippen LogP contribution in [-0.2, 0) is 14.3 Å². The molecule has 3 unspecified atom stereocenters. The fourth-order valence-electron chi connectivity index (χ4n) is 4.03. The van der Waals surface area contributed by atoms with Crippen molar-refractivity contribution in [2.24, 2.45) is 5.92 Å². The largest absolute Gasteiger partial charge is 0.507 e. The molecule has 8 heteroatoms. The lowest BCUT2D eigenvalue weighted by atomic mass is 9.94. The lowest BCUT2D eigenvalue weighted by molar-refractivity contribution is -0.143. The van der Waals surface area contributed by atoms with Gasteiger partial charge in [0.25, 0.3) is 0 Å². The van der Waals surface area contributed by atoms with Crippen molar-refractivity contribution in [3.63, 3.8) is 0 Å². The number of alkyl carbamates (subject to hydrolysis) is 1. The number of ether oxygens (including phenoxy) is 1. The predicted molar refractivity (Wildman–Crippen MR) is 147 cm³/mol. The Kier molecular flexibility index (Phi) is 13.5. The van der Waals surface area contributed by atoms with E-state index in [2.05, 4.69) is 17.6 Å². The minimum Gasteiger partial charge on any atom is -0.507 e. The maximum Gasteiger partial charge on any atom is 0.408 e. The molecule has 0 aliphatic heterocycles. The minimum absolute atomic E-state index is 0.00776. The van der Waals surface area contributed by atoms with E-state index in [9.17, 15) is 19.5 Å². The maximum absolute atomic E-state index is 14.2. The summed E-state index contributed by atoms with van der Waals surface area (Å²) < 4.78 is 5.44. The van der Waals surface area contributed by atoms with Crippen molar-refractivity contribution in [2.45, 2.75) is 112 Å². The van der Waals surface area contributed by atoms with Crippen LogP contribution in [0.3, 0.4) is 0 Å².